The van der Waals surface area contributed by atoms with Crippen molar-refractivity contribution in [1.82, 2.24) is 24.6 Å². The molecule has 0 spiro atoms. The van der Waals surface area contributed by atoms with E-state index in [4.69, 9.17) is 9.47 Å². The fourth-order valence-corrected chi connectivity index (χ4v) is 4.52. The van der Waals surface area contributed by atoms with Crippen molar-refractivity contribution >= 4 is 17.7 Å². The summed E-state index contributed by atoms with van der Waals surface area (Å²) in [7, 11) is 3.55. The normalized spacial score (nSPS) is 14.3. The third-order valence-corrected chi connectivity index (χ3v) is 6.64. The standard InChI is InChI=1S/C24H29N5O3S/c1-27-23(19-7-6-10-21(17-19)31-2)25-26-24(27)33-18-22(30)29-13-11-28(12-14-29)15-16-32-20-8-4-3-5-9-20/h3-10,17H,11-16,18H2,1-2H3. The van der Waals surface area contributed by atoms with E-state index in [0.717, 1.165) is 60.8 Å². The van der Waals surface area contributed by atoms with E-state index in [2.05, 4.69) is 15.1 Å². The van der Waals surface area contributed by atoms with E-state index in [1.807, 2.05) is 71.1 Å². The number of piperazine rings is 1. The molecule has 0 radical (unpaired) electrons. The summed E-state index contributed by atoms with van der Waals surface area (Å²) in [6.45, 7) is 4.70. The molecule has 2 aromatic carbocycles. The molecule has 4 rings (SSSR count). The highest BCUT2D eigenvalue weighted by Crippen LogP contribution is 2.25. The Balaban J connectivity index is 1.22. The first-order valence-electron chi connectivity index (χ1n) is 11.0. The molecule has 9 heteroatoms. The van der Waals surface area contributed by atoms with E-state index in [1.54, 1.807) is 7.11 Å². The summed E-state index contributed by atoms with van der Waals surface area (Å²) in [6.07, 6.45) is 0. The van der Waals surface area contributed by atoms with Gasteiger partial charge >= 0.3 is 0 Å². The number of thioether (sulfide) groups is 1. The Labute approximate surface area is 198 Å². The fourth-order valence-electron chi connectivity index (χ4n) is 3.70. The second-order valence-corrected chi connectivity index (χ2v) is 8.71. The summed E-state index contributed by atoms with van der Waals surface area (Å²) >= 11 is 1.42. The molecule has 0 bridgehead atoms. The molecule has 0 aliphatic carbocycles. The number of methoxy groups -OCH3 is 1. The predicted octanol–water partition coefficient (Wildman–Crippen LogP) is 2.81. The smallest absolute Gasteiger partial charge is 0.233 e. The Morgan fingerprint density at radius 3 is 2.52 bits per heavy atom. The topological polar surface area (TPSA) is 72.7 Å². The molecule has 174 valence electrons. The van der Waals surface area contributed by atoms with Crippen molar-refractivity contribution in [2.24, 2.45) is 7.05 Å². The van der Waals surface area contributed by atoms with Gasteiger partial charge in [0.25, 0.3) is 0 Å². The van der Waals surface area contributed by atoms with Crippen LogP contribution in [0.4, 0.5) is 0 Å². The van der Waals surface area contributed by atoms with Gasteiger partial charge in [0.05, 0.1) is 12.9 Å². The number of amides is 1. The third-order valence-electron chi connectivity index (χ3n) is 5.63. The van der Waals surface area contributed by atoms with E-state index in [0.29, 0.717) is 12.4 Å². The van der Waals surface area contributed by atoms with Crippen LogP contribution in [-0.2, 0) is 11.8 Å². The molecule has 1 amide bonds. The van der Waals surface area contributed by atoms with Crippen LogP contribution in [0.15, 0.2) is 59.8 Å². The highest BCUT2D eigenvalue weighted by Gasteiger charge is 2.22. The summed E-state index contributed by atoms with van der Waals surface area (Å²) in [5, 5.41) is 9.30. The van der Waals surface area contributed by atoms with Gasteiger partial charge in [-0.2, -0.15) is 0 Å². The zero-order valence-electron chi connectivity index (χ0n) is 19.0. The Morgan fingerprint density at radius 2 is 1.76 bits per heavy atom. The number of aromatic nitrogens is 3. The van der Waals surface area contributed by atoms with Crippen LogP contribution >= 0.6 is 11.8 Å². The van der Waals surface area contributed by atoms with E-state index in [1.165, 1.54) is 11.8 Å². The van der Waals surface area contributed by atoms with Gasteiger partial charge in [-0.3, -0.25) is 9.69 Å². The van der Waals surface area contributed by atoms with Crippen molar-refractivity contribution in [1.29, 1.82) is 0 Å². The van der Waals surface area contributed by atoms with Gasteiger partial charge in [-0.15, -0.1) is 10.2 Å². The van der Waals surface area contributed by atoms with Gasteiger partial charge in [0.1, 0.15) is 18.1 Å². The summed E-state index contributed by atoms with van der Waals surface area (Å²) in [5.74, 6) is 2.88. The van der Waals surface area contributed by atoms with Crippen molar-refractivity contribution in [3.63, 3.8) is 0 Å². The number of hydrogen-bond acceptors (Lipinski definition) is 7. The maximum atomic E-state index is 12.7. The van der Waals surface area contributed by atoms with Gasteiger partial charge in [-0.05, 0) is 24.3 Å². The van der Waals surface area contributed by atoms with E-state index < -0.39 is 0 Å². The molecule has 1 aromatic heterocycles. The van der Waals surface area contributed by atoms with E-state index >= 15 is 0 Å². The Bertz CT molecular complexity index is 1050. The van der Waals surface area contributed by atoms with Crippen LogP contribution in [0.5, 0.6) is 11.5 Å². The number of carbonyl (C=O) groups excluding carboxylic acids is 1. The highest BCUT2D eigenvalue weighted by molar-refractivity contribution is 7.99. The quantitative estimate of drug-likeness (QED) is 0.448. The van der Waals surface area contributed by atoms with Crippen molar-refractivity contribution in [2.45, 2.75) is 5.16 Å². The van der Waals surface area contributed by atoms with Crippen LogP contribution in [0, 0.1) is 0 Å². The number of rotatable bonds is 9. The van der Waals surface area contributed by atoms with Crippen LogP contribution in [0.1, 0.15) is 0 Å². The van der Waals surface area contributed by atoms with Crippen molar-refractivity contribution < 1.29 is 14.3 Å². The summed E-state index contributed by atoms with van der Waals surface area (Å²) < 4.78 is 13.0. The molecule has 1 fully saturated rings. The van der Waals surface area contributed by atoms with Crippen LogP contribution < -0.4 is 9.47 Å². The third kappa shape index (κ3) is 6.06. The molecule has 1 saturated heterocycles. The van der Waals surface area contributed by atoms with Crippen LogP contribution in [0.3, 0.4) is 0 Å². The molecule has 0 unspecified atom stereocenters. The van der Waals surface area contributed by atoms with Gasteiger partial charge in [-0.1, -0.05) is 42.1 Å². The number of para-hydroxylation sites is 1. The molecule has 3 aromatic rings. The largest absolute Gasteiger partial charge is 0.497 e. The summed E-state index contributed by atoms with van der Waals surface area (Å²) in [4.78, 5) is 17.0. The Kier molecular flexibility index (Phi) is 7.85. The number of hydrogen-bond donors (Lipinski definition) is 0. The minimum Gasteiger partial charge on any atom is -0.497 e. The maximum Gasteiger partial charge on any atom is 0.233 e. The minimum absolute atomic E-state index is 0.131. The number of ether oxygens (including phenoxy) is 2. The van der Waals surface area contributed by atoms with Crippen molar-refractivity contribution in [3.8, 4) is 22.9 Å². The molecule has 0 saturated carbocycles. The second kappa shape index (κ2) is 11.2. The maximum absolute atomic E-state index is 12.7. The molecule has 8 nitrogen and oxygen atoms in total. The average molecular weight is 468 g/mol. The van der Waals surface area contributed by atoms with Gasteiger partial charge in [0, 0.05) is 45.3 Å². The van der Waals surface area contributed by atoms with E-state index in [-0.39, 0.29) is 5.91 Å². The SMILES string of the molecule is COc1cccc(-c2nnc(SCC(=O)N3CCN(CCOc4ccccc4)CC3)n2C)c1. The van der Waals surface area contributed by atoms with Crippen molar-refractivity contribution in [2.75, 3.05) is 52.2 Å². The lowest BCUT2D eigenvalue weighted by atomic mass is 10.2. The number of nitrogens with zero attached hydrogens (tertiary/aromatic N) is 5. The summed E-state index contributed by atoms with van der Waals surface area (Å²) in [6, 6.07) is 17.6. The van der Waals surface area contributed by atoms with Gasteiger partial charge < -0.3 is 18.9 Å². The molecular formula is C24H29N5O3S. The van der Waals surface area contributed by atoms with Crippen LogP contribution in [0.2, 0.25) is 0 Å². The first-order chi connectivity index (χ1) is 16.1. The molecule has 1 aliphatic heterocycles. The van der Waals surface area contributed by atoms with Gasteiger partial charge in [0.2, 0.25) is 5.91 Å². The zero-order valence-corrected chi connectivity index (χ0v) is 19.8. The second-order valence-electron chi connectivity index (χ2n) is 7.77. The predicted molar refractivity (Wildman–Crippen MR) is 129 cm³/mol. The first-order valence-corrected chi connectivity index (χ1v) is 12.0. The lowest BCUT2D eigenvalue weighted by molar-refractivity contribution is -0.130. The fraction of sp³-hybridized carbons (Fsp3) is 0.375. The molecule has 2 heterocycles. The molecule has 1 aliphatic rings. The number of carbonyl (C=O) groups is 1. The minimum atomic E-state index is 0.131. The van der Waals surface area contributed by atoms with E-state index in [9.17, 15) is 4.79 Å². The monoisotopic (exact) mass is 467 g/mol. The van der Waals surface area contributed by atoms with Gasteiger partial charge in [-0.25, -0.2) is 0 Å². The summed E-state index contributed by atoms with van der Waals surface area (Å²) in [5.41, 5.74) is 0.926. The molecule has 33 heavy (non-hydrogen) atoms. The average Bonchev–Trinajstić information content (AvgIpc) is 3.23. The first kappa shape index (κ1) is 23.1. The molecule has 0 N–H and O–H groups in total. The van der Waals surface area contributed by atoms with Crippen LogP contribution in [0.25, 0.3) is 11.4 Å². The molecular weight excluding hydrogens is 438 g/mol. The van der Waals surface area contributed by atoms with Gasteiger partial charge in [0.15, 0.2) is 11.0 Å². The van der Waals surface area contributed by atoms with Crippen molar-refractivity contribution in [3.05, 3.63) is 54.6 Å². The Hall–Kier alpha value is -3.04. The number of benzene rings is 2. The highest BCUT2D eigenvalue weighted by atomic mass is 32.2. The zero-order chi connectivity index (χ0) is 23.0. The van der Waals surface area contributed by atoms with Crippen LogP contribution in [-0.4, -0.2) is 82.7 Å². The lowest BCUT2D eigenvalue weighted by Crippen LogP contribution is -2.50. The Morgan fingerprint density at radius 1 is 1.00 bits per heavy atom. The molecule has 0 atom stereocenters. The lowest BCUT2D eigenvalue weighted by Gasteiger charge is -2.34.